The summed E-state index contributed by atoms with van der Waals surface area (Å²) in [5.41, 5.74) is 8.64. The van der Waals surface area contributed by atoms with Crippen LogP contribution in [0.5, 0.6) is 0 Å². The Hall–Kier alpha value is -7.01. The van der Waals surface area contributed by atoms with Crippen molar-refractivity contribution in [3.05, 3.63) is 211 Å². The summed E-state index contributed by atoms with van der Waals surface area (Å²) in [4.78, 5) is 15.1. The molecule has 0 N–H and O–H groups in total. The lowest BCUT2D eigenvalue weighted by Crippen LogP contribution is -2.04. The quantitative estimate of drug-likeness (QED) is 0.171. The highest BCUT2D eigenvalue weighted by Crippen LogP contribution is 2.52. The first-order valence-corrected chi connectivity index (χ1v) is 19.3. The molecule has 0 radical (unpaired) electrons. The SMILES string of the molecule is [2H]c1cc([2H])c2c(c1[2H])-c1c([2H])c([2H])cc([2H])c1C2c1ccc(-c2nc(-c3ccccc3)nc(-c3ccccc3)n2)cc1-c1cccc2c1sc1c(-c3ccccc3)cccc12. The molecule has 1 aliphatic rings. The number of fused-ring (bicyclic) bond motifs is 6. The zero-order valence-corrected chi connectivity index (χ0v) is 30.7. The lowest BCUT2D eigenvalue weighted by atomic mass is 9.83. The molecule has 0 aliphatic heterocycles. The summed E-state index contributed by atoms with van der Waals surface area (Å²) in [6.45, 7) is 0. The van der Waals surface area contributed by atoms with Gasteiger partial charge in [0.2, 0.25) is 0 Å². The Bertz CT molecular complexity index is 3310. The van der Waals surface area contributed by atoms with Crippen LogP contribution < -0.4 is 0 Å². The highest BCUT2D eigenvalue weighted by Gasteiger charge is 2.32. The fourth-order valence-electron chi connectivity index (χ4n) is 8.02. The first-order valence-electron chi connectivity index (χ1n) is 21.5. The van der Waals surface area contributed by atoms with Crippen molar-refractivity contribution in [2.75, 3.05) is 0 Å². The van der Waals surface area contributed by atoms with Crippen LogP contribution >= 0.6 is 11.3 Å². The van der Waals surface area contributed by atoms with Crippen LogP contribution in [-0.2, 0) is 0 Å². The summed E-state index contributed by atoms with van der Waals surface area (Å²) in [5, 5.41) is 2.22. The molecule has 0 saturated heterocycles. The van der Waals surface area contributed by atoms with E-state index in [1.165, 1.54) is 12.1 Å². The van der Waals surface area contributed by atoms with Crippen LogP contribution in [-0.4, -0.2) is 15.0 Å². The molecule has 2 heterocycles. The second-order valence-electron chi connectivity index (χ2n) is 13.8. The third kappa shape index (κ3) is 5.37. The Balaban J connectivity index is 1.22. The van der Waals surface area contributed by atoms with Crippen molar-refractivity contribution < 1.29 is 8.22 Å². The zero-order chi connectivity index (χ0) is 42.2. The van der Waals surface area contributed by atoms with Crippen molar-refractivity contribution in [2.45, 2.75) is 5.92 Å². The topological polar surface area (TPSA) is 38.7 Å². The molecule has 4 heteroatoms. The van der Waals surface area contributed by atoms with Gasteiger partial charge in [-0.15, -0.1) is 11.3 Å². The van der Waals surface area contributed by atoms with Crippen molar-refractivity contribution in [3.8, 4) is 67.5 Å². The molecule has 262 valence electrons. The van der Waals surface area contributed by atoms with Gasteiger partial charge in [-0.05, 0) is 56.1 Å². The van der Waals surface area contributed by atoms with Crippen LogP contribution in [0.2, 0.25) is 0 Å². The average Bonchev–Trinajstić information content (AvgIpc) is 3.89. The van der Waals surface area contributed by atoms with Gasteiger partial charge in [0.1, 0.15) is 0 Å². The van der Waals surface area contributed by atoms with Crippen molar-refractivity contribution in [3.63, 3.8) is 0 Å². The Morgan fingerprint density at radius 1 is 0.375 bits per heavy atom. The molecule has 1 aliphatic carbocycles. The number of thiophene rings is 1. The number of aromatic nitrogens is 3. The summed E-state index contributed by atoms with van der Waals surface area (Å²) in [6.07, 6.45) is 0. The second kappa shape index (κ2) is 13.4. The maximum Gasteiger partial charge on any atom is 0.164 e. The Labute approximate surface area is 337 Å². The molecule has 0 bridgehead atoms. The number of hydrogen-bond donors (Lipinski definition) is 0. The summed E-state index contributed by atoms with van der Waals surface area (Å²) in [5.74, 6) is 0.773. The summed E-state index contributed by atoms with van der Waals surface area (Å²) >= 11 is 1.72. The van der Waals surface area contributed by atoms with Crippen molar-refractivity contribution in [1.29, 1.82) is 0 Å². The second-order valence-corrected chi connectivity index (χ2v) is 14.8. The van der Waals surface area contributed by atoms with Crippen LogP contribution in [0.1, 0.15) is 30.8 Å². The molecule has 0 spiro atoms. The van der Waals surface area contributed by atoms with Gasteiger partial charge in [-0.2, -0.15) is 0 Å². The minimum atomic E-state index is -0.749. The number of hydrogen-bond acceptors (Lipinski definition) is 4. The first-order chi connectivity index (χ1) is 30.2. The molecule has 0 saturated carbocycles. The minimum absolute atomic E-state index is 0.0487. The highest BCUT2D eigenvalue weighted by atomic mass is 32.1. The molecule has 56 heavy (non-hydrogen) atoms. The van der Waals surface area contributed by atoms with Crippen LogP contribution in [0.4, 0.5) is 0 Å². The van der Waals surface area contributed by atoms with E-state index in [0.717, 1.165) is 64.7 Å². The maximum atomic E-state index is 9.31. The van der Waals surface area contributed by atoms with Crippen molar-refractivity contribution in [1.82, 2.24) is 15.0 Å². The van der Waals surface area contributed by atoms with Gasteiger partial charge in [-0.1, -0.05) is 188 Å². The molecule has 0 fully saturated rings. The van der Waals surface area contributed by atoms with Gasteiger partial charge in [0.05, 0.1) is 8.22 Å². The van der Waals surface area contributed by atoms with Crippen molar-refractivity contribution >= 4 is 31.5 Å². The summed E-state index contributed by atoms with van der Waals surface area (Å²) in [6, 6.07) is 51.1. The van der Waals surface area contributed by atoms with E-state index in [-0.39, 0.29) is 47.4 Å². The van der Waals surface area contributed by atoms with Crippen LogP contribution in [0.25, 0.3) is 87.7 Å². The predicted molar refractivity (Wildman–Crippen MR) is 233 cm³/mol. The monoisotopic (exact) mass is 737 g/mol. The average molecular weight is 738 g/mol. The van der Waals surface area contributed by atoms with E-state index < -0.39 is 5.92 Å². The molecule has 10 aromatic rings. The Morgan fingerprint density at radius 2 is 0.875 bits per heavy atom. The molecular weight excluding hydrogens is 699 g/mol. The van der Waals surface area contributed by atoms with E-state index in [4.69, 9.17) is 20.4 Å². The van der Waals surface area contributed by atoms with Crippen LogP contribution in [0.3, 0.4) is 0 Å². The standard InChI is InChI=1S/C52H33N3S/c1-4-16-33(17-5-1)37-26-14-27-43-44-28-15-29-45(49(44)56-48(37)43)46-32-36(30-31-42(46)47-40-24-12-10-22-38(40)39-23-11-13-25-41(39)47)52-54-50(34-18-6-2-7-19-34)53-51(55-52)35-20-8-3-9-21-35/h1-32,47H/i10D,11D,22D,23D,24D,25D. The largest absolute Gasteiger partial charge is 0.208 e. The van der Waals surface area contributed by atoms with Gasteiger partial charge in [0, 0.05) is 42.8 Å². The fraction of sp³-hybridized carbons (Fsp3) is 0.0192. The van der Waals surface area contributed by atoms with Crippen LogP contribution in [0.15, 0.2) is 194 Å². The maximum absolute atomic E-state index is 9.31. The molecule has 2 aromatic heterocycles. The normalized spacial score (nSPS) is 13.7. The molecule has 3 nitrogen and oxygen atoms in total. The van der Waals surface area contributed by atoms with Crippen LogP contribution in [0, 0.1) is 0 Å². The molecule has 0 amide bonds. The fourth-order valence-corrected chi connectivity index (χ4v) is 9.39. The van der Waals surface area contributed by atoms with E-state index in [9.17, 15) is 2.74 Å². The predicted octanol–water partition coefficient (Wildman–Crippen LogP) is 13.7. The lowest BCUT2D eigenvalue weighted by Gasteiger charge is -2.20. The van der Waals surface area contributed by atoms with E-state index in [1.54, 1.807) is 11.3 Å². The Morgan fingerprint density at radius 3 is 1.45 bits per heavy atom. The Kier molecular flexibility index (Phi) is 6.38. The minimum Gasteiger partial charge on any atom is -0.208 e. The molecule has 8 aromatic carbocycles. The lowest BCUT2D eigenvalue weighted by molar-refractivity contribution is 1.02. The molecule has 0 atom stereocenters. The van der Waals surface area contributed by atoms with Gasteiger partial charge in [0.15, 0.2) is 17.5 Å². The third-order valence-electron chi connectivity index (χ3n) is 10.6. The highest BCUT2D eigenvalue weighted by molar-refractivity contribution is 7.26. The van der Waals surface area contributed by atoms with E-state index in [1.807, 2.05) is 78.9 Å². The molecule has 11 rings (SSSR count). The van der Waals surface area contributed by atoms with Gasteiger partial charge in [-0.3, -0.25) is 0 Å². The van der Waals surface area contributed by atoms with Gasteiger partial charge < -0.3 is 0 Å². The van der Waals surface area contributed by atoms with Gasteiger partial charge >= 0.3 is 0 Å². The van der Waals surface area contributed by atoms with Crippen molar-refractivity contribution in [2.24, 2.45) is 0 Å². The zero-order valence-electron chi connectivity index (χ0n) is 35.8. The smallest absolute Gasteiger partial charge is 0.164 e. The van der Waals surface area contributed by atoms with E-state index >= 15 is 0 Å². The molecule has 0 unspecified atom stereocenters. The van der Waals surface area contributed by atoms with Gasteiger partial charge in [0.25, 0.3) is 0 Å². The third-order valence-corrected chi connectivity index (χ3v) is 11.9. The van der Waals surface area contributed by atoms with E-state index in [0.29, 0.717) is 28.6 Å². The molecular formula is C52H33N3S. The van der Waals surface area contributed by atoms with Gasteiger partial charge in [-0.25, -0.2) is 15.0 Å². The number of benzene rings is 8. The summed E-state index contributed by atoms with van der Waals surface area (Å²) in [7, 11) is 0. The number of nitrogens with zero attached hydrogens (tertiary/aromatic N) is 3. The number of rotatable bonds is 6. The van der Waals surface area contributed by atoms with E-state index in [2.05, 4.69) is 66.7 Å². The first kappa shape index (κ1) is 26.7. The summed E-state index contributed by atoms with van der Waals surface area (Å²) < 4.78 is 56.3.